The van der Waals surface area contributed by atoms with Gasteiger partial charge in [-0.05, 0) is 41.0 Å². The summed E-state index contributed by atoms with van der Waals surface area (Å²) in [5, 5.41) is 16.4. The van der Waals surface area contributed by atoms with Gasteiger partial charge in [-0.25, -0.2) is 0 Å². The lowest BCUT2D eigenvalue weighted by Crippen LogP contribution is -2.23. The highest BCUT2D eigenvalue weighted by Crippen LogP contribution is 2.15. The second-order valence-corrected chi connectivity index (χ2v) is 4.82. The number of carbonyl (C=O) groups excluding carboxylic acids is 1. The van der Waals surface area contributed by atoms with Crippen molar-refractivity contribution in [1.29, 1.82) is 0 Å². The van der Waals surface area contributed by atoms with Crippen LogP contribution in [0, 0.1) is 0 Å². The lowest BCUT2D eigenvalue weighted by Gasteiger charge is -2.08. The smallest absolute Gasteiger partial charge is 0.244 e. The SMILES string of the molecule is O=C(/C=C/c1ccsc1)NCC[C@@H](O)c1ccoc1. The van der Waals surface area contributed by atoms with Crippen molar-refractivity contribution in [2.45, 2.75) is 12.5 Å². The van der Waals surface area contributed by atoms with Gasteiger partial charge in [-0.3, -0.25) is 4.79 Å². The van der Waals surface area contributed by atoms with Crippen molar-refractivity contribution in [3.8, 4) is 0 Å². The maximum Gasteiger partial charge on any atom is 0.244 e. The zero-order valence-electron chi connectivity index (χ0n) is 10.3. The lowest BCUT2D eigenvalue weighted by atomic mass is 10.1. The highest BCUT2D eigenvalue weighted by Gasteiger charge is 2.08. The zero-order valence-corrected chi connectivity index (χ0v) is 11.1. The van der Waals surface area contributed by atoms with E-state index in [1.54, 1.807) is 23.5 Å². The summed E-state index contributed by atoms with van der Waals surface area (Å²) in [5.74, 6) is -0.161. The summed E-state index contributed by atoms with van der Waals surface area (Å²) >= 11 is 1.59. The number of carbonyl (C=O) groups is 1. The molecule has 0 aliphatic rings. The maximum absolute atomic E-state index is 11.5. The first-order valence-corrected chi connectivity index (χ1v) is 6.88. The van der Waals surface area contributed by atoms with Gasteiger partial charge in [-0.15, -0.1) is 0 Å². The van der Waals surface area contributed by atoms with E-state index >= 15 is 0 Å². The number of hydrogen-bond acceptors (Lipinski definition) is 4. The van der Waals surface area contributed by atoms with E-state index in [1.165, 1.54) is 18.6 Å². The second kappa shape index (κ2) is 6.92. The quantitative estimate of drug-likeness (QED) is 0.798. The van der Waals surface area contributed by atoms with Crippen LogP contribution >= 0.6 is 11.3 Å². The van der Waals surface area contributed by atoms with E-state index in [4.69, 9.17) is 4.42 Å². The van der Waals surface area contributed by atoms with Crippen LogP contribution in [0.25, 0.3) is 6.08 Å². The van der Waals surface area contributed by atoms with Crippen LogP contribution in [0.2, 0.25) is 0 Å². The summed E-state index contributed by atoms with van der Waals surface area (Å²) in [7, 11) is 0. The van der Waals surface area contributed by atoms with E-state index in [2.05, 4.69) is 5.32 Å². The normalized spacial score (nSPS) is 12.7. The van der Waals surface area contributed by atoms with Gasteiger partial charge in [0, 0.05) is 18.2 Å². The van der Waals surface area contributed by atoms with Crippen molar-refractivity contribution < 1.29 is 14.3 Å². The number of hydrogen-bond donors (Lipinski definition) is 2. The van der Waals surface area contributed by atoms with Gasteiger partial charge in [0.25, 0.3) is 0 Å². The fourth-order valence-electron chi connectivity index (χ4n) is 1.56. The van der Waals surface area contributed by atoms with Gasteiger partial charge in [-0.2, -0.15) is 11.3 Å². The summed E-state index contributed by atoms with van der Waals surface area (Å²) in [4.78, 5) is 11.5. The molecule has 2 heterocycles. The van der Waals surface area contributed by atoms with Crippen molar-refractivity contribution in [1.82, 2.24) is 5.32 Å². The van der Waals surface area contributed by atoms with E-state index < -0.39 is 6.10 Å². The molecule has 1 amide bonds. The molecule has 1 atom stereocenters. The third kappa shape index (κ3) is 4.39. The van der Waals surface area contributed by atoms with Crippen LogP contribution in [0.5, 0.6) is 0 Å². The monoisotopic (exact) mass is 277 g/mol. The molecule has 0 aromatic carbocycles. The highest BCUT2D eigenvalue weighted by molar-refractivity contribution is 7.08. The molecule has 2 aromatic heterocycles. The summed E-state index contributed by atoms with van der Waals surface area (Å²) in [6.07, 6.45) is 6.12. The molecule has 0 saturated heterocycles. The topological polar surface area (TPSA) is 62.5 Å². The summed E-state index contributed by atoms with van der Waals surface area (Å²) in [6.45, 7) is 0.416. The molecule has 0 aliphatic heterocycles. The number of aliphatic hydroxyl groups excluding tert-OH is 1. The van der Waals surface area contributed by atoms with Crippen molar-refractivity contribution in [2.75, 3.05) is 6.54 Å². The molecule has 5 heteroatoms. The van der Waals surface area contributed by atoms with Gasteiger partial charge in [0.05, 0.1) is 18.6 Å². The van der Waals surface area contributed by atoms with Crippen LogP contribution in [0.4, 0.5) is 0 Å². The van der Waals surface area contributed by atoms with E-state index in [0.717, 1.165) is 11.1 Å². The molecule has 4 nitrogen and oxygen atoms in total. The molecule has 0 saturated carbocycles. The van der Waals surface area contributed by atoms with E-state index in [-0.39, 0.29) is 5.91 Å². The highest BCUT2D eigenvalue weighted by atomic mass is 32.1. The molecule has 0 fully saturated rings. The molecule has 0 unspecified atom stereocenters. The average molecular weight is 277 g/mol. The number of furan rings is 1. The first kappa shape index (κ1) is 13.6. The summed E-state index contributed by atoms with van der Waals surface area (Å²) in [5.41, 5.74) is 1.74. The molecular formula is C14H15NO3S. The first-order chi connectivity index (χ1) is 9.25. The van der Waals surface area contributed by atoms with Crippen molar-refractivity contribution in [2.24, 2.45) is 0 Å². The number of rotatable bonds is 6. The van der Waals surface area contributed by atoms with Crippen LogP contribution in [-0.2, 0) is 4.79 Å². The molecule has 0 radical (unpaired) electrons. The van der Waals surface area contributed by atoms with Gasteiger partial charge >= 0.3 is 0 Å². The lowest BCUT2D eigenvalue weighted by molar-refractivity contribution is -0.116. The van der Waals surface area contributed by atoms with Gasteiger partial charge in [-0.1, -0.05) is 0 Å². The summed E-state index contributed by atoms with van der Waals surface area (Å²) in [6, 6.07) is 3.65. The average Bonchev–Trinajstić information content (AvgIpc) is 3.09. The predicted molar refractivity (Wildman–Crippen MR) is 74.6 cm³/mol. The Labute approximate surface area is 115 Å². The van der Waals surface area contributed by atoms with Gasteiger partial charge in [0.1, 0.15) is 0 Å². The Morgan fingerprint density at radius 3 is 3.11 bits per heavy atom. The van der Waals surface area contributed by atoms with Crippen molar-refractivity contribution in [3.05, 3.63) is 52.6 Å². The molecule has 100 valence electrons. The minimum absolute atomic E-state index is 0.161. The third-order valence-electron chi connectivity index (χ3n) is 2.62. The minimum Gasteiger partial charge on any atom is -0.472 e. The van der Waals surface area contributed by atoms with Crippen LogP contribution in [0.15, 0.2) is 45.9 Å². The third-order valence-corrected chi connectivity index (χ3v) is 3.32. The fourth-order valence-corrected chi connectivity index (χ4v) is 2.19. The molecule has 19 heavy (non-hydrogen) atoms. The predicted octanol–water partition coefficient (Wildman–Crippen LogP) is 2.59. The molecular weight excluding hydrogens is 262 g/mol. The largest absolute Gasteiger partial charge is 0.472 e. The van der Waals surface area contributed by atoms with Gasteiger partial charge < -0.3 is 14.8 Å². The van der Waals surface area contributed by atoms with Crippen LogP contribution in [0.3, 0.4) is 0 Å². The Bertz CT molecular complexity index is 517. The van der Waals surface area contributed by atoms with E-state index in [1.807, 2.05) is 16.8 Å². The Balaban J connectivity index is 1.69. The van der Waals surface area contributed by atoms with Gasteiger partial charge in [0.15, 0.2) is 0 Å². The maximum atomic E-state index is 11.5. The van der Waals surface area contributed by atoms with Crippen LogP contribution in [-0.4, -0.2) is 17.6 Å². The van der Waals surface area contributed by atoms with E-state index in [9.17, 15) is 9.90 Å². The van der Waals surface area contributed by atoms with Crippen LogP contribution < -0.4 is 5.32 Å². The first-order valence-electron chi connectivity index (χ1n) is 5.94. The van der Waals surface area contributed by atoms with Crippen molar-refractivity contribution in [3.63, 3.8) is 0 Å². The standard InChI is InChI=1S/C14H15NO3S/c16-13(12-4-7-18-9-12)3-6-15-14(17)2-1-11-5-8-19-10-11/h1-2,4-5,7-10,13,16H,3,6H2,(H,15,17)/b2-1+/t13-/m1/s1. The Morgan fingerprint density at radius 1 is 1.53 bits per heavy atom. The summed E-state index contributed by atoms with van der Waals surface area (Å²) < 4.78 is 4.89. The second-order valence-electron chi connectivity index (χ2n) is 4.04. The number of amides is 1. The molecule has 2 N–H and O–H groups in total. The van der Waals surface area contributed by atoms with Gasteiger partial charge in [0.2, 0.25) is 5.91 Å². The van der Waals surface area contributed by atoms with Crippen LogP contribution in [0.1, 0.15) is 23.7 Å². The molecule has 0 bridgehead atoms. The minimum atomic E-state index is -0.611. The Hall–Kier alpha value is -1.85. The molecule has 2 rings (SSSR count). The Morgan fingerprint density at radius 2 is 2.42 bits per heavy atom. The Kier molecular flexibility index (Phi) is 4.94. The number of nitrogens with one attached hydrogen (secondary N) is 1. The fraction of sp³-hybridized carbons (Fsp3) is 0.214. The number of aliphatic hydroxyl groups is 1. The molecule has 0 aliphatic carbocycles. The van der Waals surface area contributed by atoms with E-state index in [0.29, 0.717) is 13.0 Å². The van der Waals surface area contributed by atoms with Crippen molar-refractivity contribution >= 4 is 23.3 Å². The molecule has 2 aromatic rings. The zero-order chi connectivity index (χ0) is 13.5. The molecule has 0 spiro atoms. The number of thiophene rings is 1.